The highest BCUT2D eigenvalue weighted by Gasteiger charge is 2.22. The Balaban J connectivity index is 1.67. The summed E-state index contributed by atoms with van der Waals surface area (Å²) < 4.78 is 19.0. The second-order valence-electron chi connectivity index (χ2n) is 7.35. The van der Waals surface area contributed by atoms with E-state index in [4.69, 9.17) is 4.74 Å². The molecule has 7 heteroatoms. The van der Waals surface area contributed by atoms with Gasteiger partial charge in [-0.15, -0.1) is 0 Å². The molecule has 0 atom stereocenters. The Bertz CT molecular complexity index is 623. The normalized spacial score (nSPS) is 14.9. The molecule has 0 radical (unpaired) electrons. The highest BCUT2D eigenvalue weighted by Crippen LogP contribution is 2.20. The highest BCUT2D eigenvalue weighted by atomic mass is 19.1. The average Bonchev–Trinajstić information content (AvgIpc) is 2.57. The molecule has 1 aliphatic heterocycles. The van der Waals surface area contributed by atoms with Gasteiger partial charge < -0.3 is 19.9 Å². The summed E-state index contributed by atoms with van der Waals surface area (Å²) in [5.41, 5.74) is 0.0545. The van der Waals surface area contributed by atoms with Gasteiger partial charge in [0, 0.05) is 39.1 Å². The monoisotopic (exact) mass is 365 g/mol. The number of piperazine rings is 1. The summed E-state index contributed by atoms with van der Waals surface area (Å²) in [6.07, 6.45) is 0.463. The van der Waals surface area contributed by atoms with Gasteiger partial charge >= 0.3 is 6.09 Å². The minimum atomic E-state index is -0.530. The Hall–Kier alpha value is -2.31. The summed E-state index contributed by atoms with van der Waals surface area (Å²) in [7, 11) is 0. The van der Waals surface area contributed by atoms with Crippen LogP contribution in [-0.4, -0.2) is 55.2 Å². The van der Waals surface area contributed by atoms with Gasteiger partial charge in [-0.1, -0.05) is 12.1 Å². The topological polar surface area (TPSA) is 61.9 Å². The van der Waals surface area contributed by atoms with Crippen LogP contribution in [-0.2, 0) is 9.53 Å². The number of carbonyl (C=O) groups excluding carboxylic acids is 2. The smallest absolute Gasteiger partial charge is 0.407 e. The molecule has 26 heavy (non-hydrogen) atoms. The Morgan fingerprint density at radius 1 is 1.15 bits per heavy atom. The van der Waals surface area contributed by atoms with Crippen molar-refractivity contribution in [1.29, 1.82) is 0 Å². The lowest BCUT2D eigenvalue weighted by molar-refractivity contribution is -0.131. The lowest BCUT2D eigenvalue weighted by Gasteiger charge is -2.36. The number of carbonyl (C=O) groups is 2. The van der Waals surface area contributed by atoms with E-state index in [0.717, 1.165) is 0 Å². The van der Waals surface area contributed by atoms with Crippen LogP contribution in [0.4, 0.5) is 14.9 Å². The molecule has 6 nitrogen and oxygen atoms in total. The fraction of sp³-hybridized carbons (Fsp3) is 0.579. The fourth-order valence-electron chi connectivity index (χ4n) is 2.81. The molecule has 1 aliphatic rings. The Morgan fingerprint density at radius 2 is 1.81 bits per heavy atom. The molecule has 1 saturated heterocycles. The van der Waals surface area contributed by atoms with Crippen LogP contribution in [0.25, 0.3) is 0 Å². The predicted octanol–water partition coefficient (Wildman–Crippen LogP) is 2.78. The zero-order chi connectivity index (χ0) is 19.2. The van der Waals surface area contributed by atoms with Crippen molar-refractivity contribution >= 4 is 17.7 Å². The van der Waals surface area contributed by atoms with Crippen molar-refractivity contribution in [3.63, 3.8) is 0 Å². The Kier molecular flexibility index (Phi) is 6.83. The SMILES string of the molecule is CC(C)(C)OC(=O)NCCCC(=O)N1CCN(c2ccccc2F)CC1. The van der Waals surface area contributed by atoms with Crippen LogP contribution in [0.3, 0.4) is 0 Å². The molecule has 0 aliphatic carbocycles. The average molecular weight is 365 g/mol. The summed E-state index contributed by atoms with van der Waals surface area (Å²) in [5.74, 6) is -0.176. The van der Waals surface area contributed by atoms with Crippen molar-refractivity contribution in [2.24, 2.45) is 0 Å². The molecule has 2 rings (SSSR count). The van der Waals surface area contributed by atoms with E-state index in [9.17, 15) is 14.0 Å². The maximum Gasteiger partial charge on any atom is 0.407 e. The number of nitrogens with zero attached hydrogens (tertiary/aromatic N) is 2. The quantitative estimate of drug-likeness (QED) is 0.815. The number of amides is 2. The summed E-state index contributed by atoms with van der Waals surface area (Å²) in [6, 6.07) is 6.69. The van der Waals surface area contributed by atoms with E-state index < -0.39 is 11.7 Å². The second-order valence-corrected chi connectivity index (χ2v) is 7.35. The lowest BCUT2D eigenvalue weighted by Crippen LogP contribution is -2.49. The van der Waals surface area contributed by atoms with Crippen LogP contribution in [0.15, 0.2) is 24.3 Å². The first kappa shape index (κ1) is 20.0. The minimum absolute atomic E-state index is 0.0594. The predicted molar refractivity (Wildman–Crippen MR) is 98.7 cm³/mol. The highest BCUT2D eigenvalue weighted by molar-refractivity contribution is 5.76. The largest absolute Gasteiger partial charge is 0.444 e. The third-order valence-corrected chi connectivity index (χ3v) is 4.06. The molecule has 1 aromatic carbocycles. The van der Waals surface area contributed by atoms with Crippen LogP contribution in [0.1, 0.15) is 33.6 Å². The van der Waals surface area contributed by atoms with Crippen LogP contribution >= 0.6 is 0 Å². The van der Waals surface area contributed by atoms with E-state index in [2.05, 4.69) is 5.32 Å². The van der Waals surface area contributed by atoms with Crippen molar-refractivity contribution in [2.75, 3.05) is 37.6 Å². The Morgan fingerprint density at radius 3 is 2.42 bits per heavy atom. The van der Waals surface area contributed by atoms with E-state index in [-0.39, 0.29) is 11.7 Å². The first-order chi connectivity index (χ1) is 12.3. The number of hydrogen-bond acceptors (Lipinski definition) is 4. The van der Waals surface area contributed by atoms with Gasteiger partial charge in [-0.3, -0.25) is 4.79 Å². The van der Waals surface area contributed by atoms with Gasteiger partial charge in [-0.2, -0.15) is 0 Å². The van der Waals surface area contributed by atoms with Gasteiger partial charge in [0.25, 0.3) is 0 Å². The van der Waals surface area contributed by atoms with Gasteiger partial charge in [0.1, 0.15) is 11.4 Å². The van der Waals surface area contributed by atoms with E-state index in [0.29, 0.717) is 51.3 Å². The van der Waals surface area contributed by atoms with E-state index in [1.807, 2.05) is 11.0 Å². The van der Waals surface area contributed by atoms with Crippen LogP contribution in [0, 0.1) is 5.82 Å². The molecule has 1 fully saturated rings. The first-order valence-electron chi connectivity index (χ1n) is 9.00. The molecule has 0 saturated carbocycles. The molecule has 0 bridgehead atoms. The van der Waals surface area contributed by atoms with Gasteiger partial charge in [-0.05, 0) is 39.3 Å². The summed E-state index contributed by atoms with van der Waals surface area (Å²) in [6.45, 7) is 8.19. The number of ether oxygens (including phenoxy) is 1. The lowest BCUT2D eigenvalue weighted by atomic mass is 10.2. The molecule has 1 heterocycles. The summed E-state index contributed by atoms with van der Waals surface area (Å²) in [5, 5.41) is 2.65. The van der Waals surface area contributed by atoms with Crippen LogP contribution in [0.5, 0.6) is 0 Å². The molecular formula is C19H28FN3O3. The minimum Gasteiger partial charge on any atom is -0.444 e. The van der Waals surface area contributed by atoms with Crippen LogP contribution < -0.4 is 10.2 Å². The third kappa shape index (κ3) is 6.20. The molecule has 1 aromatic rings. The second kappa shape index (κ2) is 8.87. The molecule has 0 aromatic heterocycles. The molecule has 144 valence electrons. The van der Waals surface area contributed by atoms with Gasteiger partial charge in [0.15, 0.2) is 0 Å². The van der Waals surface area contributed by atoms with E-state index >= 15 is 0 Å². The number of alkyl carbamates (subject to hydrolysis) is 1. The Labute approximate surface area is 154 Å². The van der Waals surface area contributed by atoms with Crippen molar-refractivity contribution in [3.8, 4) is 0 Å². The molecule has 2 amide bonds. The number of nitrogens with one attached hydrogen (secondary N) is 1. The third-order valence-electron chi connectivity index (χ3n) is 4.06. The number of benzene rings is 1. The maximum absolute atomic E-state index is 13.8. The number of rotatable bonds is 5. The van der Waals surface area contributed by atoms with E-state index in [1.165, 1.54) is 6.07 Å². The standard InChI is InChI=1S/C19H28FN3O3/c1-19(2,3)26-18(25)21-10-6-9-17(24)23-13-11-22(12-14-23)16-8-5-4-7-15(16)20/h4-5,7-8H,6,9-14H2,1-3H3,(H,21,25). The zero-order valence-corrected chi connectivity index (χ0v) is 15.8. The van der Waals surface area contributed by atoms with Gasteiger partial charge in [0.05, 0.1) is 5.69 Å². The van der Waals surface area contributed by atoms with Gasteiger partial charge in [-0.25, -0.2) is 9.18 Å². The van der Waals surface area contributed by atoms with Crippen molar-refractivity contribution in [2.45, 2.75) is 39.2 Å². The molecular weight excluding hydrogens is 337 g/mol. The number of anilines is 1. The number of halogens is 1. The fourth-order valence-corrected chi connectivity index (χ4v) is 2.81. The first-order valence-corrected chi connectivity index (χ1v) is 9.00. The van der Waals surface area contributed by atoms with Crippen molar-refractivity contribution < 1.29 is 18.7 Å². The molecule has 0 spiro atoms. The van der Waals surface area contributed by atoms with Crippen LogP contribution in [0.2, 0.25) is 0 Å². The zero-order valence-electron chi connectivity index (χ0n) is 15.8. The van der Waals surface area contributed by atoms with Crippen molar-refractivity contribution in [3.05, 3.63) is 30.1 Å². The van der Waals surface area contributed by atoms with Gasteiger partial charge in [0.2, 0.25) is 5.91 Å². The number of para-hydroxylation sites is 1. The summed E-state index contributed by atoms with van der Waals surface area (Å²) >= 11 is 0. The number of hydrogen-bond donors (Lipinski definition) is 1. The molecule has 1 N–H and O–H groups in total. The van der Waals surface area contributed by atoms with Crippen molar-refractivity contribution in [1.82, 2.24) is 10.2 Å². The molecule has 0 unspecified atom stereocenters. The maximum atomic E-state index is 13.8. The van der Waals surface area contributed by atoms with E-state index in [1.54, 1.807) is 37.8 Å². The summed E-state index contributed by atoms with van der Waals surface area (Å²) in [4.78, 5) is 27.6.